The van der Waals surface area contributed by atoms with Crippen LogP contribution in [0.15, 0.2) is 158 Å². The van der Waals surface area contributed by atoms with Gasteiger partial charge in [-0.3, -0.25) is 19.2 Å². The summed E-state index contributed by atoms with van der Waals surface area (Å²) < 4.78 is 0. The van der Waals surface area contributed by atoms with E-state index in [1.807, 2.05) is 121 Å². The molecular weight excluding hydrogens is 749 g/mol. The highest BCUT2D eigenvalue weighted by molar-refractivity contribution is 5.93. The molecule has 10 heteroatoms. The maximum Gasteiger partial charge on any atom is 0.226 e. The number of anilines is 4. The van der Waals surface area contributed by atoms with Gasteiger partial charge in [-0.05, 0) is 59.4 Å². The van der Waals surface area contributed by atoms with Crippen molar-refractivity contribution in [1.29, 1.82) is 0 Å². The van der Waals surface area contributed by atoms with Gasteiger partial charge in [0.1, 0.15) is 23.3 Å². The monoisotopic (exact) mass is 800 g/mol. The van der Waals surface area contributed by atoms with Crippen LogP contribution in [0.3, 0.4) is 0 Å². The normalized spacial score (nSPS) is 10.9. The number of pyridine rings is 2. The van der Waals surface area contributed by atoms with Gasteiger partial charge >= 0.3 is 0 Å². The Morgan fingerprint density at radius 3 is 0.900 bits per heavy atom. The molecule has 0 radical (unpaired) electrons. The molecule has 0 atom stereocenters. The van der Waals surface area contributed by atoms with Crippen LogP contribution in [0.1, 0.15) is 98.3 Å². The molecule has 2 heterocycles. The highest BCUT2D eigenvalue weighted by Gasteiger charge is 2.20. The molecule has 0 fully saturated rings. The van der Waals surface area contributed by atoms with Crippen LogP contribution in [0.4, 0.5) is 23.3 Å². The number of benzene rings is 4. The number of nitrogens with zero attached hydrogens (tertiary/aromatic N) is 2. The number of aromatic nitrogens is 2. The number of hydrogen-bond acceptors (Lipinski definition) is 6. The molecule has 0 saturated heterocycles. The predicted molar refractivity (Wildman–Crippen MR) is 239 cm³/mol. The maximum atomic E-state index is 13.1. The highest BCUT2D eigenvalue weighted by Crippen LogP contribution is 2.30. The molecule has 4 aromatic carbocycles. The molecule has 2 aromatic heterocycles. The van der Waals surface area contributed by atoms with Crippen LogP contribution in [0.5, 0.6) is 0 Å². The zero-order valence-corrected chi connectivity index (χ0v) is 33.8. The zero-order chi connectivity index (χ0) is 41.8. The third-order valence-corrected chi connectivity index (χ3v) is 10.2. The van der Waals surface area contributed by atoms with Gasteiger partial charge in [0.15, 0.2) is 0 Å². The van der Waals surface area contributed by atoms with E-state index in [2.05, 4.69) is 31.2 Å². The molecule has 0 spiro atoms. The van der Waals surface area contributed by atoms with Crippen molar-refractivity contribution in [1.82, 2.24) is 9.97 Å². The Morgan fingerprint density at radius 2 is 0.600 bits per heavy atom. The number of amides is 4. The molecule has 4 amide bonds. The van der Waals surface area contributed by atoms with E-state index in [1.165, 1.54) is 0 Å². The molecule has 0 unspecified atom stereocenters. The minimum atomic E-state index is -0.165. The number of carbonyl (C=O) groups excluding carboxylic acids is 4. The van der Waals surface area contributed by atoms with Crippen LogP contribution >= 0.6 is 0 Å². The molecular formula is C50H52N6O4. The minimum Gasteiger partial charge on any atom is -0.311 e. The summed E-state index contributed by atoms with van der Waals surface area (Å²) in [5.74, 6) is 0.753. The molecule has 4 N–H and O–H groups in total. The molecule has 0 bridgehead atoms. The van der Waals surface area contributed by atoms with Gasteiger partial charge in [0, 0.05) is 37.5 Å². The van der Waals surface area contributed by atoms with E-state index in [-0.39, 0.29) is 48.3 Å². The van der Waals surface area contributed by atoms with Crippen LogP contribution in [-0.2, 0) is 19.2 Å². The van der Waals surface area contributed by atoms with Gasteiger partial charge in [-0.25, -0.2) is 9.97 Å². The lowest BCUT2D eigenvalue weighted by molar-refractivity contribution is -0.117. The molecule has 306 valence electrons. The van der Waals surface area contributed by atoms with Crippen molar-refractivity contribution in [2.45, 2.75) is 76.0 Å². The predicted octanol–water partition coefficient (Wildman–Crippen LogP) is 10.5. The van der Waals surface area contributed by atoms with Crippen molar-refractivity contribution in [2.24, 2.45) is 0 Å². The summed E-state index contributed by atoms with van der Waals surface area (Å²) >= 11 is 0. The average molecular weight is 801 g/mol. The Balaban J connectivity index is 0.846. The van der Waals surface area contributed by atoms with E-state index in [4.69, 9.17) is 0 Å². The van der Waals surface area contributed by atoms with Crippen molar-refractivity contribution in [3.63, 3.8) is 0 Å². The van der Waals surface area contributed by atoms with Crippen LogP contribution in [0, 0.1) is 0 Å². The van der Waals surface area contributed by atoms with Gasteiger partial charge in [-0.2, -0.15) is 0 Å². The van der Waals surface area contributed by atoms with Crippen molar-refractivity contribution < 1.29 is 19.2 Å². The summed E-state index contributed by atoms with van der Waals surface area (Å²) in [5.41, 5.74) is 4.24. The third-order valence-electron chi connectivity index (χ3n) is 10.2. The van der Waals surface area contributed by atoms with E-state index < -0.39 is 0 Å². The van der Waals surface area contributed by atoms with Gasteiger partial charge in [0.05, 0.1) is 0 Å². The van der Waals surface area contributed by atoms with Crippen molar-refractivity contribution >= 4 is 46.9 Å². The van der Waals surface area contributed by atoms with Gasteiger partial charge < -0.3 is 21.3 Å². The van der Waals surface area contributed by atoms with Crippen LogP contribution in [0.2, 0.25) is 0 Å². The zero-order valence-electron chi connectivity index (χ0n) is 33.8. The molecule has 60 heavy (non-hydrogen) atoms. The topological polar surface area (TPSA) is 142 Å². The molecule has 6 aromatic rings. The third kappa shape index (κ3) is 13.9. The summed E-state index contributed by atoms with van der Waals surface area (Å²) in [6, 6.07) is 50.2. The lowest BCUT2D eigenvalue weighted by atomic mass is 9.88. The largest absolute Gasteiger partial charge is 0.311 e. The minimum absolute atomic E-state index is 0.102. The Kier molecular flexibility index (Phi) is 16.3. The molecule has 0 saturated carbocycles. The van der Waals surface area contributed by atoms with E-state index in [1.54, 1.807) is 36.4 Å². The van der Waals surface area contributed by atoms with Crippen LogP contribution < -0.4 is 21.3 Å². The van der Waals surface area contributed by atoms with Gasteiger partial charge in [-0.1, -0.05) is 159 Å². The van der Waals surface area contributed by atoms with E-state index in [0.29, 0.717) is 36.1 Å². The van der Waals surface area contributed by atoms with Crippen LogP contribution in [-0.4, -0.2) is 33.6 Å². The SMILES string of the molecule is O=C(CCCCCCCCC(=O)Nc1cccc(NC(=O)CC(c2ccccc2)c2ccccc2)n1)Nc1cccc(NC(=O)CC(c2ccccc2)c2ccccc2)n1. The quantitative estimate of drug-likeness (QED) is 0.0534. The van der Waals surface area contributed by atoms with E-state index in [0.717, 1.165) is 60.8 Å². The van der Waals surface area contributed by atoms with Crippen LogP contribution in [0.25, 0.3) is 0 Å². The summed E-state index contributed by atoms with van der Waals surface area (Å²) in [5, 5.41) is 11.5. The Bertz CT molecular complexity index is 2030. The maximum absolute atomic E-state index is 13.1. The highest BCUT2D eigenvalue weighted by atomic mass is 16.2. The smallest absolute Gasteiger partial charge is 0.226 e. The number of carbonyl (C=O) groups is 4. The number of rotatable bonds is 21. The summed E-state index contributed by atoms with van der Waals surface area (Å²) in [4.78, 5) is 60.5. The summed E-state index contributed by atoms with van der Waals surface area (Å²) in [6.45, 7) is 0. The second kappa shape index (κ2) is 22.9. The number of hydrogen-bond donors (Lipinski definition) is 4. The average Bonchev–Trinajstić information content (AvgIpc) is 3.27. The molecule has 0 aliphatic heterocycles. The number of nitrogens with one attached hydrogen (secondary N) is 4. The Labute approximate surface area is 352 Å². The second-order valence-electron chi connectivity index (χ2n) is 14.8. The molecule has 0 aliphatic rings. The first-order valence-electron chi connectivity index (χ1n) is 20.7. The van der Waals surface area contributed by atoms with Gasteiger partial charge in [0.2, 0.25) is 23.6 Å². The standard InChI is InChI=1S/C50H52N6O4/c57-47(53-43-29-19-31-45(51-43)55-49(59)35-41(37-21-9-5-10-22-37)38-23-11-6-12-24-38)33-17-3-1-2-4-18-34-48(58)54-44-30-20-32-46(52-44)56-50(60)36-42(39-25-13-7-14-26-39)40-27-15-8-16-28-40/h5-16,19-32,41-42H,1-4,17-18,33-36H2,(H2,51,53,55,57,59)(H2,52,54,56,58,60). The van der Waals surface area contributed by atoms with E-state index >= 15 is 0 Å². The fraction of sp³-hybridized carbons (Fsp3) is 0.240. The first-order chi connectivity index (χ1) is 29.4. The fourth-order valence-corrected chi connectivity index (χ4v) is 7.19. The van der Waals surface area contributed by atoms with Crippen molar-refractivity contribution in [2.75, 3.05) is 21.3 Å². The van der Waals surface area contributed by atoms with Crippen molar-refractivity contribution in [3.05, 3.63) is 180 Å². The van der Waals surface area contributed by atoms with Gasteiger partial charge in [-0.15, -0.1) is 0 Å². The summed E-state index contributed by atoms with van der Waals surface area (Å²) in [7, 11) is 0. The molecule has 6 rings (SSSR count). The Morgan fingerprint density at radius 1 is 0.333 bits per heavy atom. The first-order valence-corrected chi connectivity index (χ1v) is 20.7. The van der Waals surface area contributed by atoms with Crippen molar-refractivity contribution in [3.8, 4) is 0 Å². The molecule has 0 aliphatic carbocycles. The Hall–Kier alpha value is -6.94. The first kappa shape index (κ1) is 42.7. The summed E-state index contributed by atoms with van der Waals surface area (Å²) in [6.07, 6.45) is 6.41. The molecule has 10 nitrogen and oxygen atoms in total. The number of unbranched alkanes of at least 4 members (excludes halogenated alkanes) is 5. The lowest BCUT2D eigenvalue weighted by Crippen LogP contribution is -2.18. The van der Waals surface area contributed by atoms with Gasteiger partial charge in [0.25, 0.3) is 0 Å². The second-order valence-corrected chi connectivity index (χ2v) is 14.8. The fourth-order valence-electron chi connectivity index (χ4n) is 7.19. The van der Waals surface area contributed by atoms with E-state index in [9.17, 15) is 19.2 Å². The lowest BCUT2D eigenvalue weighted by Gasteiger charge is -2.18.